The molecule has 6 nitrogen and oxygen atoms in total. The van der Waals surface area contributed by atoms with Crippen LogP contribution in [-0.4, -0.2) is 15.9 Å². The zero-order valence-electron chi connectivity index (χ0n) is 15.1. The van der Waals surface area contributed by atoms with E-state index in [1.807, 2.05) is 30.3 Å². The van der Waals surface area contributed by atoms with Gasteiger partial charge in [-0.15, -0.1) is 0 Å². The average molecular weight is 371 g/mol. The van der Waals surface area contributed by atoms with Crippen molar-refractivity contribution in [1.82, 2.24) is 9.97 Å². The van der Waals surface area contributed by atoms with Crippen LogP contribution in [0.4, 0.5) is 5.69 Å². The number of rotatable bonds is 4. The number of para-hydroxylation sites is 1. The lowest BCUT2D eigenvalue weighted by Crippen LogP contribution is -2.23. The highest BCUT2D eigenvalue weighted by Gasteiger charge is 2.11. The van der Waals surface area contributed by atoms with E-state index in [-0.39, 0.29) is 5.56 Å². The van der Waals surface area contributed by atoms with Crippen LogP contribution < -0.4 is 15.6 Å². The second-order valence-corrected chi connectivity index (χ2v) is 6.29. The molecule has 0 aliphatic heterocycles. The van der Waals surface area contributed by atoms with Crippen molar-refractivity contribution < 1.29 is 9.53 Å². The zero-order chi connectivity index (χ0) is 19.5. The molecule has 4 rings (SSSR count). The lowest BCUT2D eigenvalue weighted by atomic mass is 10.2. The number of aryl methyl sites for hydroxylation is 1. The fraction of sp³-hybridized carbons (Fsp3) is 0.0455. The summed E-state index contributed by atoms with van der Waals surface area (Å²) in [5, 5.41) is 3.63. The normalized spacial score (nSPS) is 10.6. The van der Waals surface area contributed by atoms with Gasteiger partial charge in [-0.25, -0.2) is 0 Å². The second kappa shape index (κ2) is 7.36. The largest absolute Gasteiger partial charge is 0.457 e. The molecule has 0 aliphatic rings. The molecular formula is C22H17N3O3. The highest BCUT2D eigenvalue weighted by atomic mass is 16.5. The summed E-state index contributed by atoms with van der Waals surface area (Å²) in [5.41, 5.74) is 1.77. The fourth-order valence-corrected chi connectivity index (χ4v) is 2.84. The maximum Gasteiger partial charge on any atom is 0.261 e. The summed E-state index contributed by atoms with van der Waals surface area (Å²) in [6, 6.07) is 19.7. The summed E-state index contributed by atoms with van der Waals surface area (Å²) in [5.74, 6) is 0.867. The number of anilines is 1. The van der Waals surface area contributed by atoms with Gasteiger partial charge < -0.3 is 15.0 Å². The van der Waals surface area contributed by atoms with Crippen molar-refractivity contribution in [3.05, 3.63) is 94.5 Å². The van der Waals surface area contributed by atoms with Crippen molar-refractivity contribution in [2.24, 2.45) is 0 Å². The fourth-order valence-electron chi connectivity index (χ4n) is 2.84. The lowest BCUT2D eigenvalue weighted by Gasteiger charge is -2.10. The van der Waals surface area contributed by atoms with Crippen molar-refractivity contribution in [2.75, 3.05) is 5.32 Å². The molecule has 2 aromatic carbocycles. The Balaban J connectivity index is 1.51. The second-order valence-electron chi connectivity index (χ2n) is 6.29. The molecule has 0 spiro atoms. The first kappa shape index (κ1) is 17.5. The predicted octanol–water partition coefficient (Wildman–Crippen LogP) is 4.28. The highest BCUT2D eigenvalue weighted by molar-refractivity contribution is 6.04. The third-order valence-corrected chi connectivity index (χ3v) is 4.25. The molecule has 0 aliphatic carbocycles. The molecule has 1 amide bonds. The number of amides is 1. The van der Waals surface area contributed by atoms with E-state index in [0.717, 1.165) is 10.9 Å². The molecule has 4 aromatic rings. The molecule has 2 aromatic heterocycles. The van der Waals surface area contributed by atoms with E-state index >= 15 is 0 Å². The maximum atomic E-state index is 12.3. The van der Waals surface area contributed by atoms with Crippen molar-refractivity contribution in [3.8, 4) is 11.5 Å². The summed E-state index contributed by atoms with van der Waals surface area (Å²) in [6.45, 7) is 1.76. The van der Waals surface area contributed by atoms with Gasteiger partial charge in [0.1, 0.15) is 17.1 Å². The Morgan fingerprint density at radius 2 is 1.79 bits per heavy atom. The van der Waals surface area contributed by atoms with Crippen molar-refractivity contribution in [1.29, 1.82) is 0 Å². The first-order valence-corrected chi connectivity index (χ1v) is 8.73. The number of aromatic nitrogens is 2. The Bertz CT molecular complexity index is 1210. The summed E-state index contributed by atoms with van der Waals surface area (Å²) < 4.78 is 5.96. The number of nitrogens with one attached hydrogen (secondary N) is 2. The average Bonchev–Trinajstić information content (AvgIpc) is 2.69. The van der Waals surface area contributed by atoms with Crippen LogP contribution >= 0.6 is 0 Å². The van der Waals surface area contributed by atoms with E-state index in [2.05, 4.69) is 15.3 Å². The van der Waals surface area contributed by atoms with Crippen LogP contribution in [0.15, 0.2) is 77.7 Å². The smallest absolute Gasteiger partial charge is 0.261 e. The summed E-state index contributed by atoms with van der Waals surface area (Å²) >= 11 is 0. The SMILES string of the molecule is Cc1ccc(C(=O)Nc2ccc(Oc3ccnc4ccccc34)cc2)c(=O)[nH]1. The maximum absolute atomic E-state index is 12.3. The minimum Gasteiger partial charge on any atom is -0.457 e. The number of benzene rings is 2. The number of fused-ring (bicyclic) bond motifs is 1. The van der Waals surface area contributed by atoms with E-state index in [1.54, 1.807) is 43.5 Å². The van der Waals surface area contributed by atoms with Gasteiger partial charge in [-0.1, -0.05) is 12.1 Å². The Kier molecular flexibility index (Phi) is 4.60. The molecule has 6 heteroatoms. The molecule has 0 atom stereocenters. The molecule has 0 radical (unpaired) electrons. The molecule has 2 heterocycles. The van der Waals surface area contributed by atoms with E-state index < -0.39 is 11.5 Å². The van der Waals surface area contributed by atoms with E-state index in [0.29, 0.717) is 22.9 Å². The van der Waals surface area contributed by atoms with Crippen LogP contribution in [-0.2, 0) is 0 Å². The molecule has 0 fully saturated rings. The zero-order valence-corrected chi connectivity index (χ0v) is 15.1. The Hall–Kier alpha value is -3.93. The first-order valence-electron chi connectivity index (χ1n) is 8.73. The number of carbonyl (C=O) groups excluding carboxylic acids is 1. The lowest BCUT2D eigenvalue weighted by molar-refractivity contribution is 0.102. The number of pyridine rings is 2. The minimum absolute atomic E-state index is 0.0641. The number of carbonyl (C=O) groups is 1. The monoisotopic (exact) mass is 371 g/mol. The molecule has 0 saturated carbocycles. The van der Waals surface area contributed by atoms with Gasteiger partial charge in [0.05, 0.1) is 5.52 Å². The van der Waals surface area contributed by atoms with Crippen molar-refractivity contribution >= 4 is 22.5 Å². The van der Waals surface area contributed by atoms with Gasteiger partial charge in [-0.3, -0.25) is 14.6 Å². The third-order valence-electron chi connectivity index (χ3n) is 4.25. The van der Waals surface area contributed by atoms with Crippen LogP contribution in [0.5, 0.6) is 11.5 Å². The van der Waals surface area contributed by atoms with Gasteiger partial charge >= 0.3 is 0 Å². The molecule has 2 N–H and O–H groups in total. The van der Waals surface area contributed by atoms with Crippen LogP contribution in [0.3, 0.4) is 0 Å². The molecule has 0 saturated heterocycles. The minimum atomic E-state index is -0.463. The van der Waals surface area contributed by atoms with Gasteiger partial charge in [0.15, 0.2) is 0 Å². The van der Waals surface area contributed by atoms with Crippen LogP contribution in [0.1, 0.15) is 16.1 Å². The molecule has 28 heavy (non-hydrogen) atoms. The Morgan fingerprint density at radius 1 is 1.00 bits per heavy atom. The number of nitrogens with zero attached hydrogens (tertiary/aromatic N) is 1. The van der Waals surface area contributed by atoms with Crippen molar-refractivity contribution in [2.45, 2.75) is 6.92 Å². The molecular weight excluding hydrogens is 354 g/mol. The molecule has 0 bridgehead atoms. The van der Waals surface area contributed by atoms with Crippen molar-refractivity contribution in [3.63, 3.8) is 0 Å². The highest BCUT2D eigenvalue weighted by Crippen LogP contribution is 2.29. The standard InChI is InChI=1S/C22H17N3O3/c1-14-6-11-18(21(26)24-14)22(27)25-15-7-9-16(10-8-15)28-20-12-13-23-19-5-3-2-4-17(19)20/h2-13H,1H3,(H,24,26)(H,25,27). The quantitative estimate of drug-likeness (QED) is 0.561. The molecule has 138 valence electrons. The Morgan fingerprint density at radius 3 is 2.57 bits per heavy atom. The van der Waals surface area contributed by atoms with Crippen LogP contribution in [0.2, 0.25) is 0 Å². The summed E-state index contributed by atoms with van der Waals surface area (Å²) in [6.07, 6.45) is 1.70. The summed E-state index contributed by atoms with van der Waals surface area (Å²) in [7, 11) is 0. The van der Waals surface area contributed by atoms with Crippen LogP contribution in [0.25, 0.3) is 10.9 Å². The predicted molar refractivity (Wildman–Crippen MR) is 108 cm³/mol. The van der Waals surface area contributed by atoms with Gasteiger partial charge in [-0.05, 0) is 61.5 Å². The number of ether oxygens (including phenoxy) is 1. The van der Waals surface area contributed by atoms with E-state index in [4.69, 9.17) is 4.74 Å². The topological polar surface area (TPSA) is 84.1 Å². The third kappa shape index (κ3) is 3.61. The first-order chi connectivity index (χ1) is 13.6. The number of hydrogen-bond donors (Lipinski definition) is 2. The van der Waals surface area contributed by atoms with Gasteiger partial charge in [0.25, 0.3) is 11.5 Å². The Labute approximate surface area is 160 Å². The molecule has 0 unspecified atom stereocenters. The van der Waals surface area contributed by atoms with E-state index in [1.165, 1.54) is 6.07 Å². The number of H-pyrrole nitrogens is 1. The van der Waals surface area contributed by atoms with Gasteiger partial charge in [-0.2, -0.15) is 0 Å². The number of hydrogen-bond acceptors (Lipinski definition) is 4. The van der Waals surface area contributed by atoms with Gasteiger partial charge in [0, 0.05) is 23.0 Å². The van der Waals surface area contributed by atoms with E-state index in [9.17, 15) is 9.59 Å². The number of aromatic amines is 1. The summed E-state index contributed by atoms with van der Waals surface area (Å²) in [4.78, 5) is 31.1. The van der Waals surface area contributed by atoms with Crippen LogP contribution in [0, 0.1) is 6.92 Å². The van der Waals surface area contributed by atoms with Gasteiger partial charge in [0.2, 0.25) is 0 Å².